The van der Waals surface area contributed by atoms with E-state index >= 15 is 0 Å². The molecular weight excluding hydrogens is 224 g/mol. The lowest BCUT2D eigenvalue weighted by Gasteiger charge is -2.23. The summed E-state index contributed by atoms with van der Waals surface area (Å²) in [6.45, 7) is 8.98. The summed E-state index contributed by atoms with van der Waals surface area (Å²) < 4.78 is 2.39. The van der Waals surface area contributed by atoms with Crippen molar-refractivity contribution in [2.75, 3.05) is 18.4 Å². The highest BCUT2D eigenvalue weighted by atomic mass is 15.3. The molecule has 2 saturated heterocycles. The summed E-state index contributed by atoms with van der Waals surface area (Å²) in [5.41, 5.74) is 1.12. The van der Waals surface area contributed by atoms with Crippen molar-refractivity contribution in [2.45, 2.75) is 58.2 Å². The minimum Gasteiger partial charge on any atom is -0.353 e. The monoisotopic (exact) mass is 248 g/mol. The van der Waals surface area contributed by atoms with Gasteiger partial charge >= 0.3 is 0 Å². The van der Waals surface area contributed by atoms with Gasteiger partial charge in [-0.2, -0.15) is 0 Å². The third-order valence-electron chi connectivity index (χ3n) is 4.20. The van der Waals surface area contributed by atoms with Crippen LogP contribution in [0, 0.1) is 6.92 Å². The SMILES string of the molecule is Cc1cn(C2CCN3CCCC23)c(NC(C)C)n1. The zero-order chi connectivity index (χ0) is 12.7. The molecule has 2 atom stereocenters. The van der Waals surface area contributed by atoms with Gasteiger partial charge in [0.15, 0.2) is 0 Å². The van der Waals surface area contributed by atoms with Gasteiger partial charge in [-0.25, -0.2) is 4.98 Å². The molecule has 3 heterocycles. The molecule has 0 aromatic carbocycles. The fourth-order valence-corrected chi connectivity index (χ4v) is 3.51. The molecule has 1 aromatic rings. The second-order valence-corrected chi connectivity index (χ2v) is 6.01. The van der Waals surface area contributed by atoms with Crippen molar-refractivity contribution in [3.8, 4) is 0 Å². The Morgan fingerprint density at radius 3 is 2.89 bits per heavy atom. The molecule has 0 amide bonds. The number of anilines is 1. The lowest BCUT2D eigenvalue weighted by molar-refractivity contribution is 0.291. The van der Waals surface area contributed by atoms with Gasteiger partial charge in [-0.15, -0.1) is 0 Å². The van der Waals surface area contributed by atoms with E-state index in [4.69, 9.17) is 0 Å². The summed E-state index contributed by atoms with van der Waals surface area (Å²) in [7, 11) is 0. The Labute approximate surface area is 109 Å². The van der Waals surface area contributed by atoms with E-state index in [1.165, 1.54) is 32.4 Å². The van der Waals surface area contributed by atoms with Gasteiger partial charge in [-0.3, -0.25) is 4.90 Å². The Kier molecular flexibility index (Phi) is 3.06. The van der Waals surface area contributed by atoms with Gasteiger partial charge in [-0.1, -0.05) is 0 Å². The second-order valence-electron chi connectivity index (χ2n) is 6.01. The number of hydrogen-bond acceptors (Lipinski definition) is 3. The number of nitrogens with zero attached hydrogens (tertiary/aromatic N) is 3. The number of hydrogen-bond donors (Lipinski definition) is 1. The first-order chi connectivity index (χ1) is 8.65. The molecule has 100 valence electrons. The smallest absolute Gasteiger partial charge is 0.203 e. The molecule has 4 heteroatoms. The van der Waals surface area contributed by atoms with Gasteiger partial charge in [0.2, 0.25) is 5.95 Å². The van der Waals surface area contributed by atoms with Crippen LogP contribution in [0.1, 0.15) is 44.8 Å². The molecule has 2 fully saturated rings. The van der Waals surface area contributed by atoms with E-state index in [0.29, 0.717) is 12.1 Å². The van der Waals surface area contributed by atoms with Crippen LogP contribution in [0.15, 0.2) is 6.20 Å². The summed E-state index contributed by atoms with van der Waals surface area (Å²) in [4.78, 5) is 7.29. The van der Waals surface area contributed by atoms with Gasteiger partial charge in [0.05, 0.1) is 11.7 Å². The van der Waals surface area contributed by atoms with Crippen LogP contribution in [-0.4, -0.2) is 39.6 Å². The minimum atomic E-state index is 0.437. The fourth-order valence-electron chi connectivity index (χ4n) is 3.51. The van der Waals surface area contributed by atoms with Crippen molar-refractivity contribution < 1.29 is 0 Å². The van der Waals surface area contributed by atoms with E-state index in [1.807, 2.05) is 0 Å². The zero-order valence-electron chi connectivity index (χ0n) is 11.7. The van der Waals surface area contributed by atoms with Crippen LogP contribution in [-0.2, 0) is 0 Å². The van der Waals surface area contributed by atoms with Crippen molar-refractivity contribution in [1.82, 2.24) is 14.5 Å². The molecule has 18 heavy (non-hydrogen) atoms. The van der Waals surface area contributed by atoms with E-state index in [9.17, 15) is 0 Å². The lowest BCUT2D eigenvalue weighted by Crippen LogP contribution is -2.28. The summed E-state index contributed by atoms with van der Waals surface area (Å²) in [6.07, 6.45) is 6.20. The van der Waals surface area contributed by atoms with Crippen LogP contribution >= 0.6 is 0 Å². The highest BCUT2D eigenvalue weighted by Gasteiger charge is 2.38. The van der Waals surface area contributed by atoms with E-state index in [0.717, 1.165) is 17.7 Å². The predicted molar refractivity (Wildman–Crippen MR) is 74.0 cm³/mol. The van der Waals surface area contributed by atoms with Crippen molar-refractivity contribution >= 4 is 5.95 Å². The molecule has 4 nitrogen and oxygen atoms in total. The topological polar surface area (TPSA) is 33.1 Å². The first-order valence-corrected chi connectivity index (χ1v) is 7.21. The zero-order valence-corrected chi connectivity index (χ0v) is 11.7. The highest BCUT2D eigenvalue weighted by molar-refractivity contribution is 5.31. The lowest BCUT2D eigenvalue weighted by atomic mass is 10.1. The summed E-state index contributed by atoms with van der Waals surface area (Å²) >= 11 is 0. The largest absolute Gasteiger partial charge is 0.353 e. The first-order valence-electron chi connectivity index (χ1n) is 7.21. The average Bonchev–Trinajstić information content (AvgIpc) is 2.92. The van der Waals surface area contributed by atoms with Crippen molar-refractivity contribution in [2.24, 2.45) is 0 Å². The molecule has 1 N–H and O–H groups in total. The summed E-state index contributed by atoms with van der Waals surface area (Å²) in [5, 5.41) is 3.48. The molecule has 0 saturated carbocycles. The van der Waals surface area contributed by atoms with Gasteiger partial charge in [0.25, 0.3) is 0 Å². The average molecular weight is 248 g/mol. The Bertz CT molecular complexity index is 423. The third-order valence-corrected chi connectivity index (χ3v) is 4.20. The molecular formula is C14H24N4. The Hall–Kier alpha value is -1.03. The summed E-state index contributed by atoms with van der Waals surface area (Å²) in [5.74, 6) is 1.06. The number of imidazole rings is 1. The summed E-state index contributed by atoms with van der Waals surface area (Å²) in [6, 6.07) is 1.80. The Balaban J connectivity index is 1.87. The molecule has 0 radical (unpaired) electrons. The predicted octanol–water partition coefficient (Wildman–Crippen LogP) is 2.42. The van der Waals surface area contributed by atoms with Gasteiger partial charge in [-0.05, 0) is 46.6 Å². The Morgan fingerprint density at radius 1 is 1.28 bits per heavy atom. The van der Waals surface area contributed by atoms with E-state index < -0.39 is 0 Å². The van der Waals surface area contributed by atoms with Crippen molar-refractivity contribution in [3.63, 3.8) is 0 Å². The molecule has 2 unspecified atom stereocenters. The van der Waals surface area contributed by atoms with Gasteiger partial charge < -0.3 is 9.88 Å². The van der Waals surface area contributed by atoms with Crippen LogP contribution in [0.4, 0.5) is 5.95 Å². The molecule has 3 rings (SSSR count). The molecule has 0 bridgehead atoms. The van der Waals surface area contributed by atoms with E-state index in [2.05, 4.69) is 46.7 Å². The van der Waals surface area contributed by atoms with Gasteiger partial charge in [0.1, 0.15) is 0 Å². The number of fused-ring (bicyclic) bond motifs is 1. The maximum atomic E-state index is 4.64. The van der Waals surface area contributed by atoms with Gasteiger partial charge in [0, 0.05) is 24.8 Å². The number of rotatable bonds is 3. The second kappa shape index (κ2) is 4.57. The Morgan fingerprint density at radius 2 is 2.11 bits per heavy atom. The minimum absolute atomic E-state index is 0.437. The highest BCUT2D eigenvalue weighted by Crippen LogP contribution is 2.37. The number of aryl methyl sites for hydroxylation is 1. The van der Waals surface area contributed by atoms with E-state index in [1.54, 1.807) is 0 Å². The van der Waals surface area contributed by atoms with Crippen LogP contribution in [0.2, 0.25) is 0 Å². The fraction of sp³-hybridized carbons (Fsp3) is 0.786. The van der Waals surface area contributed by atoms with Crippen LogP contribution in [0.5, 0.6) is 0 Å². The number of aromatic nitrogens is 2. The van der Waals surface area contributed by atoms with Crippen LogP contribution in [0.25, 0.3) is 0 Å². The molecule has 0 aliphatic carbocycles. The van der Waals surface area contributed by atoms with E-state index in [-0.39, 0.29) is 0 Å². The van der Waals surface area contributed by atoms with Crippen molar-refractivity contribution in [3.05, 3.63) is 11.9 Å². The molecule has 0 spiro atoms. The van der Waals surface area contributed by atoms with Crippen LogP contribution < -0.4 is 5.32 Å². The number of nitrogens with one attached hydrogen (secondary N) is 1. The standard InChI is InChI=1S/C14H24N4/c1-10(2)15-14-16-11(3)9-18(14)13-6-8-17-7-4-5-12(13)17/h9-10,12-13H,4-8H2,1-3H3,(H,15,16). The molecule has 1 aromatic heterocycles. The molecule has 2 aliphatic heterocycles. The van der Waals surface area contributed by atoms with Crippen LogP contribution in [0.3, 0.4) is 0 Å². The third kappa shape index (κ3) is 2.03. The first kappa shape index (κ1) is 12.0. The maximum Gasteiger partial charge on any atom is 0.203 e. The maximum absolute atomic E-state index is 4.64. The quantitative estimate of drug-likeness (QED) is 0.892. The van der Waals surface area contributed by atoms with Crippen molar-refractivity contribution in [1.29, 1.82) is 0 Å². The molecule has 2 aliphatic rings. The normalized spacial score (nSPS) is 28.0.